The van der Waals surface area contributed by atoms with Gasteiger partial charge in [0.15, 0.2) is 0 Å². The smallest absolute Gasteiger partial charge is 0.339 e. The summed E-state index contributed by atoms with van der Waals surface area (Å²) in [6.45, 7) is 8.58. The minimum atomic E-state index is -0.295. The Bertz CT molecular complexity index is 715. The van der Waals surface area contributed by atoms with Crippen LogP contribution < -0.4 is 4.74 Å². The van der Waals surface area contributed by atoms with Crippen LogP contribution in [0, 0.1) is 13.8 Å². The lowest BCUT2D eigenvalue weighted by Crippen LogP contribution is -2.07. The summed E-state index contributed by atoms with van der Waals surface area (Å²) in [4.78, 5) is 12.1. The maximum atomic E-state index is 12.1. The molecular weight excluding hydrogens is 426 g/mol. The van der Waals surface area contributed by atoms with Gasteiger partial charge in [-0.1, -0.05) is 0 Å². The number of rotatable bonds is 5. The standard InChI is InChI=1S/C17H19Br2NO3/c1-5-22-16-14(18)8-12(9-15(16)19)20-10(3)7-13(11(20)4)17(21)23-6-2/h7-9H,5-6H2,1-4H3. The second-order valence-electron chi connectivity index (χ2n) is 5.01. The van der Waals surface area contributed by atoms with E-state index in [9.17, 15) is 4.79 Å². The highest BCUT2D eigenvalue weighted by Crippen LogP contribution is 2.37. The molecular formula is C17H19Br2NO3. The fraction of sp³-hybridized carbons (Fsp3) is 0.353. The second-order valence-corrected chi connectivity index (χ2v) is 6.72. The Kier molecular flexibility index (Phi) is 5.92. The van der Waals surface area contributed by atoms with Crippen LogP contribution in [-0.2, 0) is 4.74 Å². The van der Waals surface area contributed by atoms with E-state index in [1.54, 1.807) is 6.92 Å². The number of ether oxygens (including phenoxy) is 2. The van der Waals surface area contributed by atoms with Crippen molar-refractivity contribution in [1.29, 1.82) is 0 Å². The van der Waals surface area contributed by atoms with Crippen molar-refractivity contribution in [2.75, 3.05) is 13.2 Å². The average molecular weight is 445 g/mol. The predicted molar refractivity (Wildman–Crippen MR) is 97.8 cm³/mol. The summed E-state index contributed by atoms with van der Waals surface area (Å²) in [6, 6.07) is 5.81. The highest BCUT2D eigenvalue weighted by atomic mass is 79.9. The Hall–Kier alpha value is -1.27. The van der Waals surface area contributed by atoms with Crippen LogP contribution in [0.1, 0.15) is 35.6 Å². The molecule has 0 fully saturated rings. The van der Waals surface area contributed by atoms with Gasteiger partial charge < -0.3 is 14.0 Å². The van der Waals surface area contributed by atoms with Gasteiger partial charge in [-0.3, -0.25) is 0 Å². The second kappa shape index (κ2) is 7.53. The minimum Gasteiger partial charge on any atom is -0.492 e. The molecule has 4 nitrogen and oxygen atoms in total. The van der Waals surface area contributed by atoms with Gasteiger partial charge in [-0.05, 0) is 77.8 Å². The Morgan fingerprint density at radius 1 is 1.09 bits per heavy atom. The molecule has 2 aromatic rings. The van der Waals surface area contributed by atoms with Gasteiger partial charge in [-0.25, -0.2) is 4.79 Å². The number of hydrogen-bond donors (Lipinski definition) is 0. The Balaban J connectivity index is 2.53. The number of aromatic nitrogens is 1. The molecule has 0 radical (unpaired) electrons. The maximum absolute atomic E-state index is 12.1. The van der Waals surface area contributed by atoms with Crippen LogP contribution in [0.3, 0.4) is 0 Å². The summed E-state index contributed by atoms with van der Waals surface area (Å²) >= 11 is 7.09. The van der Waals surface area contributed by atoms with E-state index in [2.05, 4.69) is 31.9 Å². The first kappa shape index (κ1) is 18.1. The summed E-state index contributed by atoms with van der Waals surface area (Å²) in [7, 11) is 0. The van der Waals surface area contributed by atoms with Gasteiger partial charge in [0.2, 0.25) is 0 Å². The summed E-state index contributed by atoms with van der Waals surface area (Å²) in [5.41, 5.74) is 3.35. The molecule has 0 aliphatic heterocycles. The molecule has 0 amide bonds. The Labute approximate surface area is 153 Å². The minimum absolute atomic E-state index is 0.295. The third kappa shape index (κ3) is 3.63. The molecule has 2 rings (SSSR count). The zero-order chi connectivity index (χ0) is 17.1. The van der Waals surface area contributed by atoms with E-state index in [1.165, 1.54) is 0 Å². The van der Waals surface area contributed by atoms with Crippen molar-refractivity contribution in [2.24, 2.45) is 0 Å². The summed E-state index contributed by atoms with van der Waals surface area (Å²) in [5.74, 6) is 0.472. The number of carbonyl (C=O) groups excluding carboxylic acids is 1. The summed E-state index contributed by atoms with van der Waals surface area (Å²) in [6.07, 6.45) is 0. The number of esters is 1. The molecule has 23 heavy (non-hydrogen) atoms. The van der Waals surface area contributed by atoms with Crippen LogP contribution in [0.4, 0.5) is 0 Å². The first-order chi connectivity index (χ1) is 10.9. The van der Waals surface area contributed by atoms with Crippen molar-refractivity contribution < 1.29 is 14.3 Å². The van der Waals surface area contributed by atoms with E-state index in [0.29, 0.717) is 18.8 Å². The van der Waals surface area contributed by atoms with E-state index < -0.39 is 0 Å². The molecule has 0 saturated carbocycles. The van der Waals surface area contributed by atoms with Crippen molar-refractivity contribution in [2.45, 2.75) is 27.7 Å². The molecule has 124 valence electrons. The van der Waals surface area contributed by atoms with Crippen LogP contribution in [0.5, 0.6) is 5.75 Å². The summed E-state index contributed by atoms with van der Waals surface area (Å²) in [5, 5.41) is 0. The van der Waals surface area contributed by atoms with Crippen LogP contribution in [-0.4, -0.2) is 23.8 Å². The van der Waals surface area contributed by atoms with Gasteiger partial charge in [-0.15, -0.1) is 0 Å². The highest BCUT2D eigenvalue weighted by Gasteiger charge is 2.19. The molecule has 0 saturated heterocycles. The van der Waals surface area contributed by atoms with E-state index in [1.807, 2.05) is 43.5 Å². The van der Waals surface area contributed by atoms with E-state index >= 15 is 0 Å². The molecule has 6 heteroatoms. The Morgan fingerprint density at radius 2 is 1.70 bits per heavy atom. The van der Waals surface area contributed by atoms with Crippen LogP contribution >= 0.6 is 31.9 Å². The van der Waals surface area contributed by atoms with Crippen molar-refractivity contribution in [3.8, 4) is 11.4 Å². The first-order valence-electron chi connectivity index (χ1n) is 7.38. The van der Waals surface area contributed by atoms with E-state index in [4.69, 9.17) is 9.47 Å². The molecule has 1 aromatic heterocycles. The highest BCUT2D eigenvalue weighted by molar-refractivity contribution is 9.11. The fourth-order valence-electron chi connectivity index (χ4n) is 2.53. The average Bonchev–Trinajstić information content (AvgIpc) is 2.78. The number of nitrogens with zero attached hydrogens (tertiary/aromatic N) is 1. The van der Waals surface area contributed by atoms with E-state index in [-0.39, 0.29) is 5.97 Å². The quantitative estimate of drug-likeness (QED) is 0.595. The molecule has 0 unspecified atom stereocenters. The van der Waals surface area contributed by atoms with Gasteiger partial charge in [0.05, 0.1) is 27.7 Å². The monoisotopic (exact) mass is 443 g/mol. The molecule has 1 aromatic carbocycles. The van der Waals surface area contributed by atoms with Crippen molar-refractivity contribution >= 4 is 37.8 Å². The van der Waals surface area contributed by atoms with Gasteiger partial charge in [-0.2, -0.15) is 0 Å². The zero-order valence-corrected chi connectivity index (χ0v) is 16.7. The summed E-state index contributed by atoms with van der Waals surface area (Å²) < 4.78 is 14.5. The maximum Gasteiger partial charge on any atom is 0.339 e. The molecule has 0 atom stereocenters. The topological polar surface area (TPSA) is 40.5 Å². The SMILES string of the molecule is CCOC(=O)c1cc(C)n(-c2cc(Br)c(OCC)c(Br)c2)c1C. The zero-order valence-electron chi connectivity index (χ0n) is 13.6. The van der Waals surface area contributed by atoms with E-state index in [0.717, 1.165) is 31.8 Å². The van der Waals surface area contributed by atoms with Crippen molar-refractivity contribution in [3.63, 3.8) is 0 Å². The Morgan fingerprint density at radius 3 is 2.22 bits per heavy atom. The van der Waals surface area contributed by atoms with Crippen molar-refractivity contribution in [3.05, 3.63) is 44.1 Å². The molecule has 0 N–H and O–H groups in total. The van der Waals surface area contributed by atoms with Gasteiger partial charge in [0.25, 0.3) is 0 Å². The first-order valence-corrected chi connectivity index (χ1v) is 8.97. The van der Waals surface area contributed by atoms with Gasteiger partial charge in [0.1, 0.15) is 5.75 Å². The van der Waals surface area contributed by atoms with Crippen LogP contribution in [0.2, 0.25) is 0 Å². The molecule has 0 spiro atoms. The van der Waals surface area contributed by atoms with Crippen LogP contribution in [0.25, 0.3) is 5.69 Å². The van der Waals surface area contributed by atoms with Crippen LogP contribution in [0.15, 0.2) is 27.1 Å². The fourth-order valence-corrected chi connectivity index (χ4v) is 3.92. The number of hydrogen-bond acceptors (Lipinski definition) is 3. The number of carbonyl (C=O) groups is 1. The lowest BCUT2D eigenvalue weighted by molar-refractivity contribution is 0.0525. The lowest BCUT2D eigenvalue weighted by atomic mass is 10.2. The lowest BCUT2D eigenvalue weighted by Gasteiger charge is -2.14. The molecule has 1 heterocycles. The van der Waals surface area contributed by atoms with Gasteiger partial charge in [0, 0.05) is 17.1 Å². The molecule has 0 bridgehead atoms. The van der Waals surface area contributed by atoms with Gasteiger partial charge >= 0.3 is 5.97 Å². The number of benzene rings is 1. The third-order valence-electron chi connectivity index (χ3n) is 3.46. The number of aryl methyl sites for hydroxylation is 1. The number of halogens is 2. The molecule has 0 aliphatic carbocycles. The van der Waals surface area contributed by atoms with Crippen molar-refractivity contribution in [1.82, 2.24) is 4.57 Å². The molecule has 0 aliphatic rings. The largest absolute Gasteiger partial charge is 0.492 e. The predicted octanol–water partition coefficient (Wildman–Crippen LogP) is 5.19. The normalized spacial score (nSPS) is 10.7. The third-order valence-corrected chi connectivity index (χ3v) is 4.63.